The SMILES string of the molecule is COc1ccc(-c2oc3nc(OC)ncc3c2C(=O)c2cc(OC)c(C)c(OC)c2)cc1. The van der Waals surface area contributed by atoms with E-state index < -0.39 is 0 Å². The standard InChI is InChI=1S/C24H22N2O6/c1-13-18(29-3)10-15(11-19(13)30-4)21(27)20-17-12-25-24(31-5)26-23(17)32-22(20)14-6-8-16(28-2)9-7-14/h6-12H,1-5H3. The third-order valence-corrected chi connectivity index (χ3v) is 5.20. The molecule has 2 aromatic carbocycles. The molecular weight excluding hydrogens is 412 g/mol. The zero-order chi connectivity index (χ0) is 22.8. The Bertz CT molecular complexity index is 1270. The fourth-order valence-corrected chi connectivity index (χ4v) is 3.50. The molecule has 0 aliphatic rings. The second kappa shape index (κ2) is 8.58. The molecule has 0 spiro atoms. The maximum atomic E-state index is 13.8. The summed E-state index contributed by atoms with van der Waals surface area (Å²) in [5, 5.41) is 0.472. The predicted octanol–water partition coefficient (Wildman–Crippen LogP) is 4.46. The van der Waals surface area contributed by atoms with Crippen LogP contribution in [0.5, 0.6) is 23.3 Å². The molecule has 0 aliphatic carbocycles. The van der Waals surface area contributed by atoms with Crippen LogP contribution in [-0.4, -0.2) is 44.2 Å². The van der Waals surface area contributed by atoms with E-state index >= 15 is 0 Å². The summed E-state index contributed by atoms with van der Waals surface area (Å²) >= 11 is 0. The lowest BCUT2D eigenvalue weighted by atomic mass is 9.97. The van der Waals surface area contributed by atoms with Crippen molar-refractivity contribution in [3.63, 3.8) is 0 Å². The van der Waals surface area contributed by atoms with E-state index in [4.69, 9.17) is 23.4 Å². The van der Waals surface area contributed by atoms with Gasteiger partial charge in [-0.3, -0.25) is 4.79 Å². The monoisotopic (exact) mass is 434 g/mol. The Balaban J connectivity index is 1.95. The molecule has 0 aliphatic heterocycles. The highest BCUT2D eigenvalue weighted by atomic mass is 16.5. The Morgan fingerprint density at radius 1 is 0.906 bits per heavy atom. The van der Waals surface area contributed by atoms with Crippen molar-refractivity contribution in [3.05, 3.63) is 59.3 Å². The Labute approximate surface area is 184 Å². The molecule has 8 heteroatoms. The summed E-state index contributed by atoms with van der Waals surface area (Å²) in [6.07, 6.45) is 1.52. The van der Waals surface area contributed by atoms with E-state index in [9.17, 15) is 4.79 Å². The van der Waals surface area contributed by atoms with Crippen molar-refractivity contribution < 1.29 is 28.2 Å². The van der Waals surface area contributed by atoms with Gasteiger partial charge in [0.1, 0.15) is 23.0 Å². The van der Waals surface area contributed by atoms with E-state index in [1.807, 2.05) is 19.1 Å². The fourth-order valence-electron chi connectivity index (χ4n) is 3.50. The van der Waals surface area contributed by atoms with Gasteiger partial charge in [-0.2, -0.15) is 4.98 Å². The summed E-state index contributed by atoms with van der Waals surface area (Å²) in [7, 11) is 6.15. The van der Waals surface area contributed by atoms with E-state index in [2.05, 4.69) is 9.97 Å². The summed E-state index contributed by atoms with van der Waals surface area (Å²) in [6.45, 7) is 1.86. The first kappa shape index (κ1) is 21.2. The van der Waals surface area contributed by atoms with Crippen molar-refractivity contribution in [2.45, 2.75) is 6.92 Å². The van der Waals surface area contributed by atoms with Gasteiger partial charge in [-0.1, -0.05) is 0 Å². The van der Waals surface area contributed by atoms with Crippen molar-refractivity contribution in [3.8, 4) is 34.6 Å². The second-order valence-electron chi connectivity index (χ2n) is 6.95. The van der Waals surface area contributed by atoms with Crippen LogP contribution in [0.1, 0.15) is 21.5 Å². The molecule has 4 aromatic rings. The van der Waals surface area contributed by atoms with Gasteiger partial charge in [0.25, 0.3) is 0 Å². The molecule has 0 saturated carbocycles. The van der Waals surface area contributed by atoms with Crippen molar-refractivity contribution in [1.82, 2.24) is 9.97 Å². The van der Waals surface area contributed by atoms with Crippen LogP contribution in [0.25, 0.3) is 22.4 Å². The van der Waals surface area contributed by atoms with Crippen molar-refractivity contribution in [1.29, 1.82) is 0 Å². The number of rotatable bonds is 7. The number of methoxy groups -OCH3 is 4. The molecule has 0 unspecified atom stereocenters. The zero-order valence-corrected chi connectivity index (χ0v) is 18.4. The van der Waals surface area contributed by atoms with Gasteiger partial charge in [-0.25, -0.2) is 4.98 Å². The van der Waals surface area contributed by atoms with E-state index in [-0.39, 0.29) is 17.5 Å². The van der Waals surface area contributed by atoms with Crippen LogP contribution in [-0.2, 0) is 0 Å². The van der Waals surface area contributed by atoms with E-state index in [0.29, 0.717) is 45.1 Å². The average Bonchev–Trinajstić information content (AvgIpc) is 3.22. The normalized spacial score (nSPS) is 10.8. The maximum absolute atomic E-state index is 13.8. The zero-order valence-electron chi connectivity index (χ0n) is 18.4. The summed E-state index contributed by atoms with van der Waals surface area (Å²) < 4.78 is 27.3. The van der Waals surface area contributed by atoms with Gasteiger partial charge in [-0.05, 0) is 43.3 Å². The number of fused-ring (bicyclic) bond motifs is 1. The Morgan fingerprint density at radius 2 is 1.56 bits per heavy atom. The first-order valence-electron chi connectivity index (χ1n) is 9.76. The molecular formula is C24H22N2O6. The Hall–Kier alpha value is -4.07. The molecule has 4 rings (SSSR count). The summed E-state index contributed by atoms with van der Waals surface area (Å²) in [4.78, 5) is 22.2. The number of aromatic nitrogens is 2. The Kier molecular flexibility index (Phi) is 5.68. The van der Waals surface area contributed by atoms with Crippen LogP contribution >= 0.6 is 0 Å². The third kappa shape index (κ3) is 3.60. The molecule has 0 amide bonds. The Morgan fingerprint density at radius 3 is 2.12 bits per heavy atom. The number of nitrogens with zero attached hydrogens (tertiary/aromatic N) is 2. The smallest absolute Gasteiger partial charge is 0.319 e. The minimum Gasteiger partial charge on any atom is -0.497 e. The highest BCUT2D eigenvalue weighted by Gasteiger charge is 2.26. The number of ketones is 1. The van der Waals surface area contributed by atoms with Crippen LogP contribution < -0.4 is 18.9 Å². The minimum absolute atomic E-state index is 0.144. The molecule has 164 valence electrons. The predicted molar refractivity (Wildman–Crippen MR) is 118 cm³/mol. The summed E-state index contributed by atoms with van der Waals surface area (Å²) in [5.41, 5.74) is 2.46. The van der Waals surface area contributed by atoms with Gasteiger partial charge in [0.05, 0.1) is 39.4 Å². The van der Waals surface area contributed by atoms with Gasteiger partial charge in [0.2, 0.25) is 5.71 Å². The van der Waals surface area contributed by atoms with Gasteiger partial charge in [-0.15, -0.1) is 0 Å². The molecule has 2 aromatic heterocycles. The van der Waals surface area contributed by atoms with Gasteiger partial charge in [0.15, 0.2) is 5.78 Å². The van der Waals surface area contributed by atoms with Crippen LogP contribution in [0.4, 0.5) is 0 Å². The van der Waals surface area contributed by atoms with Crippen molar-refractivity contribution in [2.24, 2.45) is 0 Å². The largest absolute Gasteiger partial charge is 0.497 e. The average molecular weight is 434 g/mol. The quantitative estimate of drug-likeness (QED) is 0.394. The topological polar surface area (TPSA) is 92.9 Å². The maximum Gasteiger partial charge on any atom is 0.319 e. The summed E-state index contributed by atoms with van der Waals surface area (Å²) in [6, 6.07) is 10.7. The van der Waals surface area contributed by atoms with Gasteiger partial charge >= 0.3 is 6.01 Å². The highest BCUT2D eigenvalue weighted by Crippen LogP contribution is 2.37. The molecule has 0 radical (unpaired) electrons. The van der Waals surface area contributed by atoms with Crippen molar-refractivity contribution in [2.75, 3.05) is 28.4 Å². The minimum atomic E-state index is -0.278. The first-order chi connectivity index (χ1) is 15.5. The number of carbonyl (C=O) groups excluding carboxylic acids is 1. The van der Waals surface area contributed by atoms with Crippen LogP contribution in [0.2, 0.25) is 0 Å². The highest BCUT2D eigenvalue weighted by molar-refractivity contribution is 6.19. The molecule has 0 N–H and O–H groups in total. The number of ether oxygens (including phenoxy) is 4. The van der Waals surface area contributed by atoms with Crippen LogP contribution in [0, 0.1) is 6.92 Å². The molecule has 0 atom stereocenters. The van der Waals surface area contributed by atoms with Gasteiger partial charge in [0, 0.05) is 22.9 Å². The summed E-state index contributed by atoms with van der Waals surface area (Å²) in [5.74, 6) is 1.87. The second-order valence-corrected chi connectivity index (χ2v) is 6.95. The number of hydrogen-bond acceptors (Lipinski definition) is 8. The van der Waals surface area contributed by atoms with E-state index in [1.165, 1.54) is 13.3 Å². The molecule has 8 nitrogen and oxygen atoms in total. The number of carbonyl (C=O) groups is 1. The molecule has 0 bridgehead atoms. The van der Waals surface area contributed by atoms with Crippen LogP contribution in [0.15, 0.2) is 47.0 Å². The molecule has 0 saturated heterocycles. The van der Waals surface area contributed by atoms with Crippen molar-refractivity contribution >= 4 is 16.9 Å². The number of benzene rings is 2. The van der Waals surface area contributed by atoms with E-state index in [1.54, 1.807) is 45.6 Å². The number of furan rings is 1. The van der Waals surface area contributed by atoms with E-state index in [0.717, 1.165) is 5.56 Å². The molecule has 0 fully saturated rings. The van der Waals surface area contributed by atoms with Gasteiger partial charge < -0.3 is 23.4 Å². The lowest BCUT2D eigenvalue weighted by Crippen LogP contribution is -2.05. The third-order valence-electron chi connectivity index (χ3n) is 5.20. The fraction of sp³-hybridized carbons (Fsp3) is 0.208. The first-order valence-corrected chi connectivity index (χ1v) is 9.76. The van der Waals surface area contributed by atoms with Crippen LogP contribution in [0.3, 0.4) is 0 Å². The number of hydrogen-bond donors (Lipinski definition) is 0. The molecule has 2 heterocycles. The lowest BCUT2D eigenvalue weighted by molar-refractivity contribution is 0.103. The lowest BCUT2D eigenvalue weighted by Gasteiger charge is -2.12. The molecule has 32 heavy (non-hydrogen) atoms.